The lowest BCUT2D eigenvalue weighted by Gasteiger charge is -2.19. The van der Waals surface area contributed by atoms with Crippen LogP contribution in [0.15, 0.2) is 0 Å². The van der Waals surface area contributed by atoms with Gasteiger partial charge in [0, 0.05) is 13.1 Å². The van der Waals surface area contributed by atoms with Crippen LogP contribution in [0.2, 0.25) is 0 Å². The van der Waals surface area contributed by atoms with E-state index in [2.05, 4.69) is 24.1 Å². The number of ether oxygens (including phenoxy) is 2. The summed E-state index contributed by atoms with van der Waals surface area (Å²) in [5.74, 6) is 0. The molecule has 1 heterocycles. The van der Waals surface area contributed by atoms with Crippen molar-refractivity contribution in [1.29, 1.82) is 0 Å². The molecule has 102 valence electrons. The predicted octanol–water partition coefficient (Wildman–Crippen LogP) is 1.11. The molecule has 1 fully saturated rings. The van der Waals surface area contributed by atoms with Gasteiger partial charge in [-0.1, -0.05) is 13.8 Å². The third-order valence-electron chi connectivity index (χ3n) is 3.38. The Morgan fingerprint density at radius 3 is 2.59 bits per heavy atom. The van der Waals surface area contributed by atoms with Gasteiger partial charge in [0.1, 0.15) is 0 Å². The Morgan fingerprint density at radius 1 is 1.24 bits per heavy atom. The lowest BCUT2D eigenvalue weighted by atomic mass is 10.2. The molecule has 0 bridgehead atoms. The van der Waals surface area contributed by atoms with Gasteiger partial charge in [-0.3, -0.25) is 0 Å². The van der Waals surface area contributed by atoms with Gasteiger partial charge in [-0.25, -0.2) is 0 Å². The molecule has 1 saturated heterocycles. The van der Waals surface area contributed by atoms with Crippen LogP contribution >= 0.6 is 0 Å². The molecule has 1 aliphatic rings. The fourth-order valence-corrected chi connectivity index (χ4v) is 2.23. The summed E-state index contributed by atoms with van der Waals surface area (Å²) in [5, 5.41) is 3.16. The zero-order valence-electron chi connectivity index (χ0n) is 11.6. The first kappa shape index (κ1) is 14.9. The number of likely N-dealkylation sites (N-methyl/N-ethyl adjacent to an activating group) is 2. The summed E-state index contributed by atoms with van der Waals surface area (Å²) >= 11 is 0. The zero-order valence-corrected chi connectivity index (χ0v) is 11.6. The van der Waals surface area contributed by atoms with E-state index < -0.39 is 0 Å². The molecular formula is C13H28N2O2. The molecule has 1 N–H and O–H groups in total. The first-order chi connectivity index (χ1) is 8.30. The van der Waals surface area contributed by atoms with E-state index in [1.807, 2.05) is 7.05 Å². The second-order valence-corrected chi connectivity index (χ2v) is 4.62. The maximum Gasteiger partial charge on any atom is 0.0813 e. The SMILES string of the molecule is CCN(CC)CCOCC1CCC(CNC)O1. The standard InChI is InChI=1S/C13H28N2O2/c1-4-15(5-2)8-9-16-11-13-7-6-12(17-13)10-14-3/h12-14H,4-11H2,1-3H3. The van der Waals surface area contributed by atoms with Crippen molar-refractivity contribution in [3.63, 3.8) is 0 Å². The molecule has 2 atom stereocenters. The van der Waals surface area contributed by atoms with Crippen molar-refractivity contribution < 1.29 is 9.47 Å². The fraction of sp³-hybridized carbons (Fsp3) is 1.00. The Bertz CT molecular complexity index is 186. The minimum Gasteiger partial charge on any atom is -0.377 e. The van der Waals surface area contributed by atoms with E-state index in [1.54, 1.807) is 0 Å². The highest BCUT2D eigenvalue weighted by molar-refractivity contribution is 4.74. The van der Waals surface area contributed by atoms with Gasteiger partial charge < -0.3 is 19.7 Å². The Hall–Kier alpha value is -0.160. The summed E-state index contributed by atoms with van der Waals surface area (Å²) in [6, 6.07) is 0. The lowest BCUT2D eigenvalue weighted by Crippen LogP contribution is -2.29. The van der Waals surface area contributed by atoms with Crippen LogP contribution in [0.5, 0.6) is 0 Å². The summed E-state index contributed by atoms with van der Waals surface area (Å²) in [7, 11) is 1.97. The Labute approximate surface area is 106 Å². The molecule has 1 aliphatic heterocycles. The highest BCUT2D eigenvalue weighted by Crippen LogP contribution is 2.19. The summed E-state index contributed by atoms with van der Waals surface area (Å²) < 4.78 is 11.6. The number of nitrogens with zero attached hydrogens (tertiary/aromatic N) is 1. The van der Waals surface area contributed by atoms with Crippen LogP contribution in [0.3, 0.4) is 0 Å². The van der Waals surface area contributed by atoms with Gasteiger partial charge in [0.25, 0.3) is 0 Å². The lowest BCUT2D eigenvalue weighted by molar-refractivity contribution is -0.0173. The molecule has 0 amide bonds. The molecule has 0 spiro atoms. The Kier molecular flexibility index (Phi) is 7.77. The van der Waals surface area contributed by atoms with Crippen LogP contribution in [0, 0.1) is 0 Å². The van der Waals surface area contributed by atoms with E-state index >= 15 is 0 Å². The van der Waals surface area contributed by atoms with Crippen LogP contribution < -0.4 is 5.32 Å². The van der Waals surface area contributed by atoms with Crippen LogP contribution in [0.25, 0.3) is 0 Å². The van der Waals surface area contributed by atoms with Crippen LogP contribution in [-0.4, -0.2) is 63.5 Å². The van der Waals surface area contributed by atoms with Crippen LogP contribution in [0.4, 0.5) is 0 Å². The fourth-order valence-electron chi connectivity index (χ4n) is 2.23. The molecule has 4 nitrogen and oxygen atoms in total. The van der Waals surface area contributed by atoms with Gasteiger partial charge in [0.2, 0.25) is 0 Å². The van der Waals surface area contributed by atoms with E-state index in [1.165, 1.54) is 0 Å². The van der Waals surface area contributed by atoms with Crippen LogP contribution in [-0.2, 0) is 9.47 Å². The number of rotatable bonds is 9. The van der Waals surface area contributed by atoms with Gasteiger partial charge in [0.05, 0.1) is 25.4 Å². The molecule has 0 radical (unpaired) electrons. The largest absolute Gasteiger partial charge is 0.377 e. The highest BCUT2D eigenvalue weighted by atomic mass is 16.5. The zero-order chi connectivity index (χ0) is 12.5. The van der Waals surface area contributed by atoms with Crippen molar-refractivity contribution >= 4 is 0 Å². The third-order valence-corrected chi connectivity index (χ3v) is 3.38. The van der Waals surface area contributed by atoms with E-state index in [9.17, 15) is 0 Å². The first-order valence-corrected chi connectivity index (χ1v) is 6.90. The van der Waals surface area contributed by atoms with Gasteiger partial charge in [0.15, 0.2) is 0 Å². The topological polar surface area (TPSA) is 33.7 Å². The minimum absolute atomic E-state index is 0.310. The maximum absolute atomic E-state index is 5.86. The molecule has 2 unspecified atom stereocenters. The number of hydrogen-bond donors (Lipinski definition) is 1. The molecule has 1 rings (SSSR count). The summed E-state index contributed by atoms with van der Waals surface area (Å²) in [6.45, 7) is 10.1. The Morgan fingerprint density at radius 2 is 1.94 bits per heavy atom. The third kappa shape index (κ3) is 5.82. The van der Waals surface area contributed by atoms with Gasteiger partial charge in [-0.15, -0.1) is 0 Å². The molecule has 0 aliphatic carbocycles. The van der Waals surface area contributed by atoms with E-state index in [-0.39, 0.29) is 0 Å². The predicted molar refractivity (Wildman–Crippen MR) is 70.4 cm³/mol. The molecule has 0 aromatic heterocycles. The minimum atomic E-state index is 0.310. The quantitative estimate of drug-likeness (QED) is 0.616. The highest BCUT2D eigenvalue weighted by Gasteiger charge is 2.24. The van der Waals surface area contributed by atoms with Crippen molar-refractivity contribution in [2.24, 2.45) is 0 Å². The summed E-state index contributed by atoms with van der Waals surface area (Å²) in [4.78, 5) is 2.37. The summed E-state index contributed by atoms with van der Waals surface area (Å²) in [6.07, 6.45) is 2.99. The molecule has 0 aromatic carbocycles. The van der Waals surface area contributed by atoms with Crippen molar-refractivity contribution in [2.75, 3.05) is 46.4 Å². The van der Waals surface area contributed by atoms with Crippen molar-refractivity contribution in [2.45, 2.75) is 38.9 Å². The van der Waals surface area contributed by atoms with E-state index in [0.29, 0.717) is 12.2 Å². The smallest absolute Gasteiger partial charge is 0.0813 e. The molecule has 4 heteroatoms. The number of nitrogens with one attached hydrogen (secondary N) is 1. The normalized spacial score (nSPS) is 24.7. The average molecular weight is 244 g/mol. The summed E-state index contributed by atoms with van der Waals surface area (Å²) in [5.41, 5.74) is 0. The second-order valence-electron chi connectivity index (χ2n) is 4.62. The van der Waals surface area contributed by atoms with Gasteiger partial charge in [-0.2, -0.15) is 0 Å². The van der Waals surface area contributed by atoms with Crippen molar-refractivity contribution in [3.05, 3.63) is 0 Å². The molecule has 0 aromatic rings. The molecule has 17 heavy (non-hydrogen) atoms. The first-order valence-electron chi connectivity index (χ1n) is 6.90. The monoisotopic (exact) mass is 244 g/mol. The molecule has 0 saturated carbocycles. The second kappa shape index (κ2) is 8.86. The Balaban J connectivity index is 2.00. The van der Waals surface area contributed by atoms with E-state index in [4.69, 9.17) is 9.47 Å². The van der Waals surface area contributed by atoms with E-state index in [0.717, 1.165) is 52.2 Å². The molecular weight excluding hydrogens is 216 g/mol. The maximum atomic E-state index is 5.86. The van der Waals surface area contributed by atoms with Crippen LogP contribution in [0.1, 0.15) is 26.7 Å². The van der Waals surface area contributed by atoms with Crippen molar-refractivity contribution in [3.8, 4) is 0 Å². The average Bonchev–Trinajstić information content (AvgIpc) is 2.78. The van der Waals surface area contributed by atoms with Gasteiger partial charge in [-0.05, 0) is 33.0 Å². The van der Waals surface area contributed by atoms with Crippen molar-refractivity contribution in [1.82, 2.24) is 10.2 Å². The van der Waals surface area contributed by atoms with Gasteiger partial charge >= 0.3 is 0 Å². The number of hydrogen-bond acceptors (Lipinski definition) is 4.